The van der Waals surface area contributed by atoms with E-state index >= 15 is 0 Å². The molecule has 98 valence electrons. The van der Waals surface area contributed by atoms with Gasteiger partial charge in [0.2, 0.25) is 0 Å². The molecule has 0 bridgehead atoms. The Balaban J connectivity index is 2.01. The fraction of sp³-hybridized carbons (Fsp3) is 0.417. The van der Waals surface area contributed by atoms with E-state index in [1.807, 2.05) is 0 Å². The highest BCUT2D eigenvalue weighted by Gasteiger charge is 2.20. The number of carbonyl (C=O) groups is 1. The van der Waals surface area contributed by atoms with E-state index < -0.39 is 23.2 Å². The Morgan fingerprint density at radius 2 is 2.22 bits per heavy atom. The molecule has 18 heavy (non-hydrogen) atoms. The van der Waals surface area contributed by atoms with Crippen molar-refractivity contribution in [2.24, 2.45) is 0 Å². The summed E-state index contributed by atoms with van der Waals surface area (Å²) < 4.78 is 36.7. The molecule has 6 heteroatoms. The Kier molecular flexibility index (Phi) is 3.76. The molecule has 0 aliphatic carbocycles. The largest absolute Gasteiger partial charge is 0.459 e. The molecule has 4 nitrogen and oxygen atoms in total. The van der Waals surface area contributed by atoms with Gasteiger partial charge in [0.05, 0.1) is 17.4 Å². The molecule has 1 aromatic carbocycles. The van der Waals surface area contributed by atoms with Gasteiger partial charge in [-0.25, -0.2) is 13.6 Å². The number of anilines is 1. The lowest BCUT2D eigenvalue weighted by molar-refractivity contribution is 0.0157. The average molecular weight is 257 g/mol. The average Bonchev–Trinajstić information content (AvgIpc) is 2.84. The number of hydrogen-bond acceptors (Lipinski definition) is 4. The lowest BCUT2D eigenvalue weighted by Crippen LogP contribution is -2.18. The Hall–Kier alpha value is -1.69. The maximum Gasteiger partial charge on any atom is 0.341 e. The number of benzene rings is 1. The van der Waals surface area contributed by atoms with Gasteiger partial charge in [-0.15, -0.1) is 0 Å². The highest BCUT2D eigenvalue weighted by Crippen LogP contribution is 2.18. The number of nitrogen functional groups attached to an aromatic ring is 1. The summed E-state index contributed by atoms with van der Waals surface area (Å²) in [6.07, 6.45) is 1.55. The van der Waals surface area contributed by atoms with Crippen molar-refractivity contribution in [3.63, 3.8) is 0 Å². The normalized spacial score (nSPS) is 18.9. The van der Waals surface area contributed by atoms with Crippen LogP contribution in [-0.2, 0) is 9.47 Å². The van der Waals surface area contributed by atoms with Crippen LogP contribution in [0.5, 0.6) is 0 Å². The SMILES string of the molecule is Nc1cc(F)c(C(=O)OCC2CCCO2)cc1F. The lowest BCUT2D eigenvalue weighted by Gasteiger charge is -2.10. The molecule has 0 aromatic heterocycles. The minimum Gasteiger partial charge on any atom is -0.459 e. The predicted molar refractivity (Wildman–Crippen MR) is 60.0 cm³/mol. The Morgan fingerprint density at radius 1 is 1.44 bits per heavy atom. The quantitative estimate of drug-likeness (QED) is 0.663. The highest BCUT2D eigenvalue weighted by atomic mass is 19.1. The van der Waals surface area contributed by atoms with E-state index in [2.05, 4.69) is 0 Å². The van der Waals surface area contributed by atoms with Crippen LogP contribution < -0.4 is 5.73 Å². The van der Waals surface area contributed by atoms with Crippen molar-refractivity contribution in [2.45, 2.75) is 18.9 Å². The second-order valence-corrected chi connectivity index (χ2v) is 4.09. The summed E-state index contributed by atoms with van der Waals surface area (Å²) >= 11 is 0. The molecule has 1 aliphatic rings. The first-order valence-electron chi connectivity index (χ1n) is 5.61. The van der Waals surface area contributed by atoms with Crippen LogP contribution in [0.1, 0.15) is 23.2 Å². The van der Waals surface area contributed by atoms with E-state index in [1.165, 1.54) is 0 Å². The first-order chi connectivity index (χ1) is 8.58. The number of esters is 1. The Morgan fingerprint density at radius 3 is 2.89 bits per heavy atom. The number of ether oxygens (including phenoxy) is 2. The molecule has 0 spiro atoms. The third kappa shape index (κ3) is 2.76. The maximum atomic E-state index is 13.4. The zero-order valence-corrected chi connectivity index (χ0v) is 9.62. The zero-order valence-electron chi connectivity index (χ0n) is 9.62. The molecular formula is C12H13F2NO3. The van der Waals surface area contributed by atoms with Gasteiger partial charge in [-0.3, -0.25) is 0 Å². The third-order valence-electron chi connectivity index (χ3n) is 2.73. The van der Waals surface area contributed by atoms with E-state index in [0.717, 1.165) is 25.0 Å². The van der Waals surface area contributed by atoms with Gasteiger partial charge in [0.1, 0.15) is 18.2 Å². The first kappa shape index (κ1) is 12.8. The zero-order chi connectivity index (χ0) is 13.1. The van der Waals surface area contributed by atoms with E-state index in [4.69, 9.17) is 15.2 Å². The van der Waals surface area contributed by atoms with Crippen LogP contribution >= 0.6 is 0 Å². The summed E-state index contributed by atoms with van der Waals surface area (Å²) in [4.78, 5) is 11.6. The van der Waals surface area contributed by atoms with Crippen LogP contribution in [0.25, 0.3) is 0 Å². The van der Waals surface area contributed by atoms with E-state index in [1.54, 1.807) is 0 Å². The third-order valence-corrected chi connectivity index (χ3v) is 2.73. The number of rotatable bonds is 3. The second kappa shape index (κ2) is 5.30. The Bertz CT molecular complexity index is 459. The molecule has 2 N–H and O–H groups in total. The summed E-state index contributed by atoms with van der Waals surface area (Å²) in [6.45, 7) is 0.678. The number of nitrogens with two attached hydrogens (primary N) is 1. The van der Waals surface area contributed by atoms with Crippen LogP contribution in [0.15, 0.2) is 12.1 Å². The molecular weight excluding hydrogens is 244 g/mol. The van der Waals surface area contributed by atoms with Crippen LogP contribution in [-0.4, -0.2) is 25.3 Å². The van der Waals surface area contributed by atoms with Gasteiger partial charge >= 0.3 is 5.97 Å². The maximum absolute atomic E-state index is 13.4. The van der Waals surface area contributed by atoms with Crippen LogP contribution in [0.4, 0.5) is 14.5 Å². The van der Waals surface area contributed by atoms with Crippen LogP contribution in [0.2, 0.25) is 0 Å². The fourth-order valence-electron chi connectivity index (χ4n) is 1.74. The van der Waals surface area contributed by atoms with Gasteiger partial charge in [-0.2, -0.15) is 0 Å². The van der Waals surface area contributed by atoms with E-state index in [-0.39, 0.29) is 18.4 Å². The minimum atomic E-state index is -0.915. The smallest absolute Gasteiger partial charge is 0.341 e. The summed E-state index contributed by atoms with van der Waals surface area (Å²) in [5.74, 6) is -2.66. The molecule has 1 heterocycles. The molecule has 1 aliphatic heterocycles. The molecule has 0 saturated carbocycles. The fourth-order valence-corrected chi connectivity index (χ4v) is 1.74. The van der Waals surface area contributed by atoms with Crippen molar-refractivity contribution in [1.82, 2.24) is 0 Å². The van der Waals surface area contributed by atoms with E-state index in [0.29, 0.717) is 6.61 Å². The molecule has 1 fully saturated rings. The predicted octanol–water partition coefficient (Wildman–Crippen LogP) is 1.88. The molecule has 0 amide bonds. The second-order valence-electron chi connectivity index (χ2n) is 4.09. The van der Waals surface area contributed by atoms with Crippen molar-refractivity contribution in [1.29, 1.82) is 0 Å². The van der Waals surface area contributed by atoms with Crippen molar-refractivity contribution < 1.29 is 23.0 Å². The molecule has 2 rings (SSSR count). The van der Waals surface area contributed by atoms with Gasteiger partial charge < -0.3 is 15.2 Å². The van der Waals surface area contributed by atoms with Gasteiger partial charge in [0.25, 0.3) is 0 Å². The van der Waals surface area contributed by atoms with Gasteiger partial charge in [-0.1, -0.05) is 0 Å². The first-order valence-corrected chi connectivity index (χ1v) is 5.61. The van der Waals surface area contributed by atoms with Crippen molar-refractivity contribution in [3.8, 4) is 0 Å². The number of carbonyl (C=O) groups excluding carboxylic acids is 1. The summed E-state index contributed by atoms with van der Waals surface area (Å²) in [5, 5.41) is 0. The van der Waals surface area contributed by atoms with Crippen LogP contribution in [0.3, 0.4) is 0 Å². The van der Waals surface area contributed by atoms with Crippen molar-refractivity contribution in [2.75, 3.05) is 18.9 Å². The highest BCUT2D eigenvalue weighted by molar-refractivity contribution is 5.90. The minimum absolute atomic E-state index is 0.0459. The van der Waals surface area contributed by atoms with Gasteiger partial charge in [0.15, 0.2) is 0 Å². The molecule has 1 atom stereocenters. The number of hydrogen-bond donors (Lipinski definition) is 1. The summed E-state index contributed by atoms with van der Waals surface area (Å²) in [6, 6.07) is 1.50. The molecule has 1 saturated heterocycles. The summed E-state index contributed by atoms with van der Waals surface area (Å²) in [7, 11) is 0. The topological polar surface area (TPSA) is 61.6 Å². The standard InChI is InChI=1S/C12H13F2NO3/c13-9-5-11(15)10(14)4-8(9)12(16)18-6-7-2-1-3-17-7/h4-5,7H,1-3,6,15H2. The van der Waals surface area contributed by atoms with Crippen LogP contribution in [0, 0.1) is 11.6 Å². The lowest BCUT2D eigenvalue weighted by atomic mass is 10.2. The van der Waals surface area contributed by atoms with Crippen molar-refractivity contribution in [3.05, 3.63) is 29.3 Å². The van der Waals surface area contributed by atoms with E-state index in [9.17, 15) is 13.6 Å². The molecule has 1 aromatic rings. The van der Waals surface area contributed by atoms with Gasteiger partial charge in [0, 0.05) is 12.7 Å². The summed E-state index contributed by atoms with van der Waals surface area (Å²) in [5.41, 5.74) is 4.37. The Labute approximate surface area is 103 Å². The van der Waals surface area contributed by atoms with Crippen molar-refractivity contribution >= 4 is 11.7 Å². The number of halogens is 2. The molecule has 0 radical (unpaired) electrons. The monoisotopic (exact) mass is 257 g/mol. The van der Waals surface area contributed by atoms with Gasteiger partial charge in [-0.05, 0) is 18.9 Å². The molecule has 1 unspecified atom stereocenters.